The Bertz CT molecular complexity index is 938. The maximum Gasteiger partial charge on any atom is 0.257 e. The van der Waals surface area contributed by atoms with Gasteiger partial charge in [0.25, 0.3) is 5.91 Å². The molecule has 1 aliphatic heterocycles. The van der Waals surface area contributed by atoms with Gasteiger partial charge in [0.1, 0.15) is 12.0 Å². The molecule has 1 saturated heterocycles. The van der Waals surface area contributed by atoms with Crippen LogP contribution in [0, 0.1) is 12.8 Å². The average molecular weight is 413 g/mol. The largest absolute Gasteiger partial charge is 0.472 e. The molecule has 0 radical (unpaired) electrons. The maximum absolute atomic E-state index is 13.3. The van der Waals surface area contributed by atoms with Crippen molar-refractivity contribution in [1.29, 1.82) is 0 Å². The highest BCUT2D eigenvalue weighted by atomic mass is 32.1. The van der Waals surface area contributed by atoms with Crippen LogP contribution >= 0.6 is 11.3 Å². The molecule has 6 nitrogen and oxygen atoms in total. The summed E-state index contributed by atoms with van der Waals surface area (Å²) in [5.74, 6) is 0.785. The van der Waals surface area contributed by atoms with Crippen LogP contribution in [0.2, 0.25) is 0 Å². The quantitative estimate of drug-likeness (QED) is 0.605. The zero-order valence-corrected chi connectivity index (χ0v) is 17.2. The Morgan fingerprint density at radius 3 is 2.59 bits per heavy atom. The van der Waals surface area contributed by atoms with Crippen LogP contribution in [0.15, 0.2) is 58.0 Å². The van der Waals surface area contributed by atoms with Gasteiger partial charge in [0.05, 0.1) is 31.2 Å². The smallest absolute Gasteiger partial charge is 0.257 e. The van der Waals surface area contributed by atoms with Gasteiger partial charge in [-0.1, -0.05) is 0 Å². The number of hydrogen-bond acceptors (Lipinski definition) is 5. The van der Waals surface area contributed by atoms with Gasteiger partial charge in [-0.15, -0.1) is 11.3 Å². The van der Waals surface area contributed by atoms with Crippen LogP contribution in [0.5, 0.6) is 0 Å². The highest BCUT2D eigenvalue weighted by Gasteiger charge is 2.31. The van der Waals surface area contributed by atoms with Crippen molar-refractivity contribution in [3.63, 3.8) is 0 Å². The predicted octanol–water partition coefficient (Wildman–Crippen LogP) is 4.32. The lowest BCUT2D eigenvalue weighted by Gasteiger charge is -2.34. The summed E-state index contributed by atoms with van der Waals surface area (Å²) in [5, 5.41) is 0. The van der Waals surface area contributed by atoms with Gasteiger partial charge >= 0.3 is 0 Å². The first kappa shape index (κ1) is 19.5. The summed E-state index contributed by atoms with van der Waals surface area (Å²) in [6, 6.07) is 9.57. The number of thiophene rings is 1. The molecule has 2 amide bonds. The zero-order valence-electron chi connectivity index (χ0n) is 16.4. The van der Waals surface area contributed by atoms with Gasteiger partial charge in [-0.05, 0) is 50.1 Å². The Morgan fingerprint density at radius 1 is 1.14 bits per heavy atom. The molecule has 3 aromatic rings. The molecule has 0 atom stereocenters. The SMILES string of the molecule is Cc1ccc(CN(Cc2ccco2)C(=O)C2CCN(C(=O)c3ccoc3)CC2)s1. The van der Waals surface area contributed by atoms with E-state index in [1.54, 1.807) is 28.6 Å². The summed E-state index contributed by atoms with van der Waals surface area (Å²) in [6.45, 7) is 4.25. The van der Waals surface area contributed by atoms with Crippen molar-refractivity contribution in [2.75, 3.05) is 13.1 Å². The van der Waals surface area contributed by atoms with Crippen molar-refractivity contribution in [2.24, 2.45) is 5.92 Å². The summed E-state index contributed by atoms with van der Waals surface area (Å²) in [7, 11) is 0. The fourth-order valence-corrected chi connectivity index (χ4v) is 4.62. The molecule has 0 spiro atoms. The summed E-state index contributed by atoms with van der Waals surface area (Å²) in [5.41, 5.74) is 0.558. The Balaban J connectivity index is 1.41. The van der Waals surface area contributed by atoms with E-state index >= 15 is 0 Å². The standard InChI is InChI=1S/C22H24N2O4S/c1-16-4-5-20(29-16)14-24(13-19-3-2-11-28-19)21(25)17-6-9-23(10-7-17)22(26)18-8-12-27-15-18/h2-5,8,11-12,15,17H,6-7,9-10,13-14H2,1H3. The van der Waals surface area contributed by atoms with Gasteiger partial charge in [-0.3, -0.25) is 9.59 Å². The van der Waals surface area contributed by atoms with Gasteiger partial charge < -0.3 is 18.6 Å². The summed E-state index contributed by atoms with van der Waals surface area (Å²) in [4.78, 5) is 31.9. The Morgan fingerprint density at radius 2 is 1.97 bits per heavy atom. The number of carbonyl (C=O) groups is 2. The molecule has 0 unspecified atom stereocenters. The van der Waals surface area contributed by atoms with Crippen LogP contribution in [0.25, 0.3) is 0 Å². The molecule has 0 aromatic carbocycles. The lowest BCUT2D eigenvalue weighted by molar-refractivity contribution is -0.138. The molecule has 7 heteroatoms. The average Bonchev–Trinajstić information content (AvgIpc) is 3.50. The number of nitrogens with zero attached hydrogens (tertiary/aromatic N) is 2. The number of hydrogen-bond donors (Lipinski definition) is 0. The normalized spacial score (nSPS) is 14.9. The molecule has 152 valence electrons. The number of carbonyl (C=O) groups excluding carboxylic acids is 2. The van der Waals surface area contributed by atoms with E-state index in [0.717, 1.165) is 10.6 Å². The third kappa shape index (κ3) is 4.62. The minimum atomic E-state index is -0.0839. The minimum absolute atomic E-state index is 0.0360. The van der Waals surface area contributed by atoms with E-state index in [4.69, 9.17) is 8.83 Å². The molecule has 3 aromatic heterocycles. The Kier molecular flexibility index (Phi) is 5.85. The summed E-state index contributed by atoms with van der Waals surface area (Å²) in [6.07, 6.45) is 5.93. The second kappa shape index (κ2) is 8.69. The number of piperidine rings is 1. The van der Waals surface area contributed by atoms with E-state index < -0.39 is 0 Å². The molecular weight excluding hydrogens is 388 g/mol. The number of likely N-dealkylation sites (tertiary alicyclic amines) is 1. The zero-order chi connectivity index (χ0) is 20.2. The van der Waals surface area contributed by atoms with Crippen molar-refractivity contribution in [3.8, 4) is 0 Å². The minimum Gasteiger partial charge on any atom is -0.472 e. The van der Waals surface area contributed by atoms with Crippen LogP contribution in [0.1, 0.15) is 38.7 Å². The van der Waals surface area contributed by atoms with E-state index in [0.29, 0.717) is 44.6 Å². The van der Waals surface area contributed by atoms with Crippen molar-refractivity contribution in [1.82, 2.24) is 9.80 Å². The molecule has 0 saturated carbocycles. The lowest BCUT2D eigenvalue weighted by Crippen LogP contribution is -2.44. The number of aryl methyl sites for hydroxylation is 1. The Hall–Kier alpha value is -2.80. The van der Waals surface area contributed by atoms with Crippen LogP contribution in [0.4, 0.5) is 0 Å². The van der Waals surface area contributed by atoms with Crippen molar-refractivity contribution in [3.05, 3.63) is 70.2 Å². The van der Waals surface area contributed by atoms with Crippen molar-refractivity contribution < 1.29 is 18.4 Å². The first-order chi connectivity index (χ1) is 14.1. The van der Waals surface area contributed by atoms with E-state index in [1.165, 1.54) is 17.4 Å². The van der Waals surface area contributed by atoms with Crippen LogP contribution in [0.3, 0.4) is 0 Å². The van der Waals surface area contributed by atoms with Gasteiger partial charge in [0.15, 0.2) is 0 Å². The van der Waals surface area contributed by atoms with E-state index in [2.05, 4.69) is 19.1 Å². The van der Waals surface area contributed by atoms with Gasteiger partial charge in [0.2, 0.25) is 5.91 Å². The third-order valence-electron chi connectivity index (χ3n) is 5.28. The number of rotatable bonds is 6. The molecule has 0 aliphatic carbocycles. The van der Waals surface area contributed by atoms with Gasteiger partial charge in [0, 0.05) is 28.8 Å². The highest BCUT2D eigenvalue weighted by Crippen LogP contribution is 2.25. The van der Waals surface area contributed by atoms with Crippen molar-refractivity contribution >= 4 is 23.2 Å². The molecule has 4 heterocycles. The molecular formula is C22H24N2O4S. The second-order valence-corrected chi connectivity index (χ2v) is 8.74. The molecule has 1 fully saturated rings. The van der Waals surface area contributed by atoms with Crippen LogP contribution in [-0.2, 0) is 17.9 Å². The molecule has 4 rings (SSSR count). The topological polar surface area (TPSA) is 66.9 Å². The first-order valence-corrected chi connectivity index (χ1v) is 10.6. The second-order valence-electron chi connectivity index (χ2n) is 7.36. The fourth-order valence-electron chi connectivity index (χ4n) is 3.72. The van der Waals surface area contributed by atoms with E-state index in [1.807, 2.05) is 17.0 Å². The predicted molar refractivity (Wildman–Crippen MR) is 109 cm³/mol. The highest BCUT2D eigenvalue weighted by molar-refractivity contribution is 7.11. The Labute approximate surface area is 173 Å². The van der Waals surface area contributed by atoms with E-state index in [9.17, 15) is 9.59 Å². The van der Waals surface area contributed by atoms with Gasteiger partial charge in [-0.2, -0.15) is 0 Å². The van der Waals surface area contributed by atoms with E-state index in [-0.39, 0.29) is 17.7 Å². The summed E-state index contributed by atoms with van der Waals surface area (Å²) >= 11 is 1.71. The molecule has 1 aliphatic rings. The lowest BCUT2D eigenvalue weighted by atomic mass is 9.94. The van der Waals surface area contributed by atoms with Crippen LogP contribution in [-0.4, -0.2) is 34.7 Å². The summed E-state index contributed by atoms with van der Waals surface area (Å²) < 4.78 is 10.5. The monoisotopic (exact) mass is 412 g/mol. The maximum atomic E-state index is 13.3. The number of furan rings is 2. The fraction of sp³-hybridized carbons (Fsp3) is 0.364. The molecule has 0 bridgehead atoms. The third-order valence-corrected chi connectivity index (χ3v) is 6.27. The van der Waals surface area contributed by atoms with Crippen molar-refractivity contribution in [2.45, 2.75) is 32.9 Å². The number of amides is 2. The van der Waals surface area contributed by atoms with Gasteiger partial charge in [-0.25, -0.2) is 0 Å². The first-order valence-electron chi connectivity index (χ1n) is 9.78. The molecule has 0 N–H and O–H groups in total. The molecule has 29 heavy (non-hydrogen) atoms. The van der Waals surface area contributed by atoms with Crippen LogP contribution < -0.4 is 0 Å².